The van der Waals surface area contributed by atoms with Crippen molar-refractivity contribution in [2.24, 2.45) is 5.92 Å². The monoisotopic (exact) mass is 266 g/mol. The maximum Gasteiger partial charge on any atom is 0.252 e. The SMILES string of the molecule is CCOc1ccc(C(=O)NCCC(O)C(C)C)cn1. The number of aromatic nitrogens is 1. The van der Waals surface area contributed by atoms with Crippen molar-refractivity contribution in [1.29, 1.82) is 0 Å². The summed E-state index contributed by atoms with van der Waals surface area (Å²) in [5.74, 6) is 0.518. The largest absolute Gasteiger partial charge is 0.478 e. The van der Waals surface area contributed by atoms with Crippen LogP contribution in [0.25, 0.3) is 0 Å². The van der Waals surface area contributed by atoms with Crippen LogP contribution in [0.1, 0.15) is 37.6 Å². The van der Waals surface area contributed by atoms with E-state index >= 15 is 0 Å². The van der Waals surface area contributed by atoms with E-state index in [1.54, 1.807) is 12.1 Å². The van der Waals surface area contributed by atoms with Crippen LogP contribution >= 0.6 is 0 Å². The Kier molecular flexibility index (Phi) is 6.29. The third-order valence-electron chi connectivity index (χ3n) is 2.79. The van der Waals surface area contributed by atoms with E-state index in [0.717, 1.165) is 0 Å². The van der Waals surface area contributed by atoms with E-state index in [4.69, 9.17) is 4.74 Å². The minimum Gasteiger partial charge on any atom is -0.478 e. The lowest BCUT2D eigenvalue weighted by Gasteiger charge is -2.14. The van der Waals surface area contributed by atoms with E-state index in [-0.39, 0.29) is 11.8 Å². The van der Waals surface area contributed by atoms with Crippen molar-refractivity contribution >= 4 is 5.91 Å². The molecule has 0 aliphatic rings. The van der Waals surface area contributed by atoms with Gasteiger partial charge in [0.2, 0.25) is 5.88 Å². The Morgan fingerprint density at radius 1 is 1.47 bits per heavy atom. The second kappa shape index (κ2) is 7.74. The fraction of sp³-hybridized carbons (Fsp3) is 0.571. The highest BCUT2D eigenvalue weighted by atomic mass is 16.5. The van der Waals surface area contributed by atoms with Gasteiger partial charge in [0.15, 0.2) is 0 Å². The van der Waals surface area contributed by atoms with Crippen molar-refractivity contribution in [3.8, 4) is 5.88 Å². The predicted molar refractivity (Wildman–Crippen MR) is 73.2 cm³/mol. The molecule has 0 spiro atoms. The molecule has 1 atom stereocenters. The standard InChI is InChI=1S/C14H22N2O3/c1-4-19-13-6-5-11(9-16-13)14(18)15-8-7-12(17)10(2)3/h5-6,9-10,12,17H,4,7-8H2,1-3H3,(H,15,18). The van der Waals surface area contributed by atoms with Gasteiger partial charge in [-0.15, -0.1) is 0 Å². The van der Waals surface area contributed by atoms with Gasteiger partial charge in [0.25, 0.3) is 5.91 Å². The third-order valence-corrected chi connectivity index (χ3v) is 2.79. The predicted octanol–water partition coefficient (Wildman–Crippen LogP) is 1.62. The first-order valence-corrected chi connectivity index (χ1v) is 6.59. The molecule has 19 heavy (non-hydrogen) atoms. The van der Waals surface area contributed by atoms with E-state index in [2.05, 4.69) is 10.3 Å². The molecule has 0 saturated heterocycles. The lowest BCUT2D eigenvalue weighted by molar-refractivity contribution is 0.0920. The van der Waals surface area contributed by atoms with Crippen molar-refractivity contribution in [2.75, 3.05) is 13.2 Å². The van der Waals surface area contributed by atoms with Crippen LogP contribution in [0.15, 0.2) is 18.3 Å². The molecule has 5 nitrogen and oxygen atoms in total. The Morgan fingerprint density at radius 2 is 2.21 bits per heavy atom. The fourth-order valence-corrected chi connectivity index (χ4v) is 1.52. The van der Waals surface area contributed by atoms with E-state index in [0.29, 0.717) is 31.0 Å². The molecule has 2 N–H and O–H groups in total. The van der Waals surface area contributed by atoms with E-state index in [1.807, 2.05) is 20.8 Å². The second-order valence-corrected chi connectivity index (χ2v) is 4.67. The molecule has 1 aromatic rings. The molecular weight excluding hydrogens is 244 g/mol. The van der Waals surface area contributed by atoms with Gasteiger partial charge in [-0.2, -0.15) is 0 Å². The number of nitrogens with one attached hydrogen (secondary N) is 1. The van der Waals surface area contributed by atoms with Crippen LogP contribution < -0.4 is 10.1 Å². The van der Waals surface area contributed by atoms with Gasteiger partial charge in [0, 0.05) is 18.8 Å². The highest BCUT2D eigenvalue weighted by Gasteiger charge is 2.10. The van der Waals surface area contributed by atoms with Crippen LogP contribution in [-0.4, -0.2) is 35.3 Å². The average Bonchev–Trinajstić information content (AvgIpc) is 2.39. The first-order chi connectivity index (χ1) is 9.04. The first kappa shape index (κ1) is 15.4. The number of ether oxygens (including phenoxy) is 1. The van der Waals surface area contributed by atoms with Gasteiger partial charge in [-0.3, -0.25) is 4.79 Å². The van der Waals surface area contributed by atoms with Crippen LogP contribution in [-0.2, 0) is 0 Å². The number of hydrogen-bond acceptors (Lipinski definition) is 4. The van der Waals surface area contributed by atoms with Gasteiger partial charge in [-0.25, -0.2) is 4.98 Å². The van der Waals surface area contributed by atoms with Gasteiger partial charge >= 0.3 is 0 Å². The summed E-state index contributed by atoms with van der Waals surface area (Å²) in [7, 11) is 0. The molecule has 0 fully saturated rings. The van der Waals surface area contributed by atoms with Crippen molar-refractivity contribution in [3.63, 3.8) is 0 Å². The van der Waals surface area contributed by atoms with E-state index < -0.39 is 6.10 Å². The van der Waals surface area contributed by atoms with Crippen LogP contribution in [0, 0.1) is 5.92 Å². The first-order valence-electron chi connectivity index (χ1n) is 6.59. The van der Waals surface area contributed by atoms with E-state index in [1.165, 1.54) is 6.20 Å². The zero-order valence-electron chi connectivity index (χ0n) is 11.7. The van der Waals surface area contributed by atoms with Gasteiger partial charge in [0.1, 0.15) is 0 Å². The number of nitrogens with zero attached hydrogens (tertiary/aromatic N) is 1. The molecule has 1 amide bonds. The van der Waals surface area contributed by atoms with Gasteiger partial charge in [-0.1, -0.05) is 13.8 Å². The summed E-state index contributed by atoms with van der Waals surface area (Å²) in [6.45, 7) is 6.77. The highest BCUT2D eigenvalue weighted by molar-refractivity contribution is 5.93. The number of carbonyl (C=O) groups excluding carboxylic acids is 1. The number of pyridine rings is 1. The number of amides is 1. The Labute approximate surface area is 114 Å². The highest BCUT2D eigenvalue weighted by Crippen LogP contribution is 2.08. The van der Waals surface area contributed by atoms with Crippen molar-refractivity contribution in [1.82, 2.24) is 10.3 Å². The van der Waals surface area contributed by atoms with Crippen LogP contribution in [0.3, 0.4) is 0 Å². The molecule has 1 aromatic heterocycles. The molecule has 0 saturated carbocycles. The minimum absolute atomic E-state index is 0.188. The third kappa shape index (κ3) is 5.26. The van der Waals surface area contributed by atoms with Gasteiger partial charge in [0.05, 0.1) is 18.3 Å². The average molecular weight is 266 g/mol. The zero-order valence-corrected chi connectivity index (χ0v) is 11.7. The smallest absolute Gasteiger partial charge is 0.252 e. The fourth-order valence-electron chi connectivity index (χ4n) is 1.52. The molecule has 0 aromatic carbocycles. The Bertz CT molecular complexity index is 390. The maximum absolute atomic E-state index is 11.8. The topological polar surface area (TPSA) is 71.5 Å². The normalized spacial score (nSPS) is 12.3. The molecule has 1 rings (SSSR count). The minimum atomic E-state index is -0.390. The molecule has 1 heterocycles. The summed E-state index contributed by atoms with van der Waals surface area (Å²) < 4.78 is 5.20. The maximum atomic E-state index is 11.8. The van der Waals surface area contributed by atoms with Gasteiger partial charge < -0.3 is 15.2 Å². The summed E-state index contributed by atoms with van der Waals surface area (Å²) in [5, 5.41) is 12.4. The Balaban J connectivity index is 2.41. The molecule has 0 bridgehead atoms. The molecule has 5 heteroatoms. The van der Waals surface area contributed by atoms with Crippen LogP contribution in [0.4, 0.5) is 0 Å². The van der Waals surface area contributed by atoms with Crippen molar-refractivity contribution in [2.45, 2.75) is 33.3 Å². The Morgan fingerprint density at radius 3 is 2.74 bits per heavy atom. The lowest BCUT2D eigenvalue weighted by Crippen LogP contribution is -2.28. The van der Waals surface area contributed by atoms with Gasteiger partial charge in [-0.05, 0) is 25.3 Å². The summed E-state index contributed by atoms with van der Waals surface area (Å²) in [5.41, 5.74) is 0.488. The summed E-state index contributed by atoms with van der Waals surface area (Å²) in [4.78, 5) is 15.8. The van der Waals surface area contributed by atoms with Crippen LogP contribution in [0.5, 0.6) is 5.88 Å². The summed E-state index contributed by atoms with van der Waals surface area (Å²) in [6, 6.07) is 3.34. The second-order valence-electron chi connectivity index (χ2n) is 4.67. The molecule has 0 aliphatic heterocycles. The molecule has 1 unspecified atom stereocenters. The molecule has 106 valence electrons. The van der Waals surface area contributed by atoms with Crippen molar-refractivity contribution in [3.05, 3.63) is 23.9 Å². The molecular formula is C14H22N2O3. The van der Waals surface area contributed by atoms with Crippen LogP contribution in [0.2, 0.25) is 0 Å². The summed E-state index contributed by atoms with van der Waals surface area (Å²) >= 11 is 0. The summed E-state index contributed by atoms with van der Waals surface area (Å²) in [6.07, 6.45) is 1.64. The van der Waals surface area contributed by atoms with Crippen molar-refractivity contribution < 1.29 is 14.6 Å². The quantitative estimate of drug-likeness (QED) is 0.786. The molecule has 0 aliphatic carbocycles. The molecule has 0 radical (unpaired) electrons. The number of aliphatic hydroxyl groups excluding tert-OH is 1. The number of hydrogen-bond donors (Lipinski definition) is 2. The number of rotatable bonds is 7. The zero-order chi connectivity index (χ0) is 14.3. The number of aliphatic hydroxyl groups is 1. The number of carbonyl (C=O) groups is 1. The van der Waals surface area contributed by atoms with E-state index in [9.17, 15) is 9.90 Å². The Hall–Kier alpha value is -1.62. The lowest BCUT2D eigenvalue weighted by atomic mass is 10.0.